The second-order valence-corrected chi connectivity index (χ2v) is 5.49. The highest BCUT2D eigenvalue weighted by Crippen LogP contribution is 2.29. The van der Waals surface area contributed by atoms with Crippen LogP contribution in [0.3, 0.4) is 0 Å². The van der Waals surface area contributed by atoms with Gasteiger partial charge < -0.3 is 20.8 Å². The van der Waals surface area contributed by atoms with Crippen LogP contribution in [0, 0.1) is 11.3 Å². The van der Waals surface area contributed by atoms with Crippen LogP contribution in [0.25, 0.3) is 10.8 Å². The van der Waals surface area contributed by atoms with Crippen molar-refractivity contribution in [3.05, 3.63) is 72.4 Å². The highest BCUT2D eigenvalue weighted by atomic mass is 16.3. The third-order valence-corrected chi connectivity index (χ3v) is 3.76. The van der Waals surface area contributed by atoms with Crippen molar-refractivity contribution in [1.29, 1.82) is 5.26 Å². The summed E-state index contributed by atoms with van der Waals surface area (Å²) in [5.41, 5.74) is 1.00. The van der Waals surface area contributed by atoms with Crippen LogP contribution in [0.2, 0.25) is 0 Å². The largest absolute Gasteiger partial charge is 0.508 e. The van der Waals surface area contributed by atoms with E-state index in [0.29, 0.717) is 16.8 Å². The number of nitriles is 1. The minimum Gasteiger partial charge on any atom is -0.508 e. The molecule has 0 unspecified atom stereocenters. The van der Waals surface area contributed by atoms with E-state index in [9.17, 15) is 20.3 Å². The second-order valence-electron chi connectivity index (χ2n) is 5.49. The first kappa shape index (κ1) is 16.9. The lowest BCUT2D eigenvalue weighted by atomic mass is 10.1. The van der Waals surface area contributed by atoms with Gasteiger partial charge in [-0.3, -0.25) is 4.79 Å². The Hall–Kier alpha value is -3.98. The lowest BCUT2D eigenvalue weighted by Gasteiger charge is -2.08. The molecule has 0 aromatic heterocycles. The zero-order valence-electron chi connectivity index (χ0n) is 13.6. The Bertz CT molecular complexity index is 1030. The highest BCUT2D eigenvalue weighted by Gasteiger charge is 2.10. The number of hydrogen-bond donors (Lipinski definition) is 4. The number of carbonyl (C=O) groups excluding carboxylic acids is 1. The number of nitrogens with one attached hydrogen (secondary N) is 2. The summed E-state index contributed by atoms with van der Waals surface area (Å²) in [5.74, 6) is -0.339. The zero-order valence-corrected chi connectivity index (χ0v) is 13.6. The van der Waals surface area contributed by atoms with Crippen LogP contribution in [0.5, 0.6) is 11.5 Å². The molecule has 6 nitrogen and oxygen atoms in total. The van der Waals surface area contributed by atoms with Crippen molar-refractivity contribution < 1.29 is 15.0 Å². The standard InChI is InChI=1S/C20H15N3O3/c21-11-13(20(26)23-14-7-9-15(24)10-8-14)12-22-18-5-1-4-17-16(18)3-2-6-19(17)25/h1-10,12,22,24-25H,(H,23,26)/b13-12-. The molecule has 0 saturated carbocycles. The van der Waals surface area contributed by atoms with E-state index < -0.39 is 5.91 Å². The first-order valence-electron chi connectivity index (χ1n) is 7.76. The van der Waals surface area contributed by atoms with Gasteiger partial charge in [0.2, 0.25) is 0 Å². The number of benzene rings is 3. The fourth-order valence-corrected chi connectivity index (χ4v) is 2.46. The molecule has 0 aliphatic rings. The Morgan fingerprint density at radius 1 is 0.962 bits per heavy atom. The van der Waals surface area contributed by atoms with Gasteiger partial charge in [0.15, 0.2) is 0 Å². The average molecular weight is 345 g/mol. The number of fused-ring (bicyclic) bond motifs is 1. The molecule has 0 radical (unpaired) electrons. The lowest BCUT2D eigenvalue weighted by molar-refractivity contribution is -0.112. The Morgan fingerprint density at radius 3 is 2.38 bits per heavy atom. The van der Waals surface area contributed by atoms with Crippen LogP contribution in [0.15, 0.2) is 72.4 Å². The van der Waals surface area contributed by atoms with Gasteiger partial charge in [-0.15, -0.1) is 0 Å². The van der Waals surface area contributed by atoms with Gasteiger partial charge in [-0.25, -0.2) is 0 Å². The van der Waals surface area contributed by atoms with Crippen LogP contribution in [-0.4, -0.2) is 16.1 Å². The molecule has 0 atom stereocenters. The molecule has 0 bridgehead atoms. The van der Waals surface area contributed by atoms with Crippen molar-refractivity contribution in [3.8, 4) is 17.6 Å². The molecule has 26 heavy (non-hydrogen) atoms. The van der Waals surface area contributed by atoms with E-state index in [2.05, 4.69) is 10.6 Å². The number of nitrogens with zero attached hydrogens (tertiary/aromatic N) is 1. The molecular weight excluding hydrogens is 330 g/mol. The molecule has 128 valence electrons. The quantitative estimate of drug-likeness (QED) is 0.328. The molecule has 0 aliphatic heterocycles. The maximum atomic E-state index is 12.2. The maximum Gasteiger partial charge on any atom is 0.267 e. The third-order valence-electron chi connectivity index (χ3n) is 3.76. The van der Waals surface area contributed by atoms with Crippen LogP contribution in [0.1, 0.15) is 0 Å². The molecule has 3 aromatic carbocycles. The van der Waals surface area contributed by atoms with Crippen LogP contribution >= 0.6 is 0 Å². The van der Waals surface area contributed by atoms with Gasteiger partial charge in [-0.05, 0) is 36.4 Å². The second kappa shape index (κ2) is 7.28. The molecule has 3 aromatic rings. The van der Waals surface area contributed by atoms with Gasteiger partial charge in [0.1, 0.15) is 23.1 Å². The van der Waals surface area contributed by atoms with E-state index in [1.54, 1.807) is 30.3 Å². The third kappa shape index (κ3) is 3.57. The number of amides is 1. The maximum absolute atomic E-state index is 12.2. The van der Waals surface area contributed by atoms with E-state index in [-0.39, 0.29) is 17.1 Å². The Morgan fingerprint density at radius 2 is 1.65 bits per heavy atom. The minimum atomic E-state index is -0.575. The number of phenols is 2. The van der Waals surface area contributed by atoms with E-state index in [0.717, 1.165) is 5.39 Å². The first-order chi connectivity index (χ1) is 12.6. The van der Waals surface area contributed by atoms with Crippen molar-refractivity contribution in [1.82, 2.24) is 0 Å². The molecule has 6 heteroatoms. The Labute approximate surface area is 149 Å². The van der Waals surface area contributed by atoms with E-state index in [4.69, 9.17) is 0 Å². The van der Waals surface area contributed by atoms with Gasteiger partial charge in [0.05, 0.1) is 0 Å². The highest BCUT2D eigenvalue weighted by molar-refractivity contribution is 6.07. The smallest absolute Gasteiger partial charge is 0.267 e. The van der Waals surface area contributed by atoms with Crippen molar-refractivity contribution in [3.63, 3.8) is 0 Å². The number of rotatable bonds is 4. The summed E-state index contributed by atoms with van der Waals surface area (Å²) < 4.78 is 0. The summed E-state index contributed by atoms with van der Waals surface area (Å²) in [5, 5.41) is 35.4. The van der Waals surface area contributed by atoms with Crippen molar-refractivity contribution in [2.75, 3.05) is 10.6 Å². The van der Waals surface area contributed by atoms with Gasteiger partial charge >= 0.3 is 0 Å². The molecule has 4 N–H and O–H groups in total. The summed E-state index contributed by atoms with van der Waals surface area (Å²) in [4.78, 5) is 12.2. The number of phenolic OH excluding ortho intramolecular Hbond substituents is 2. The molecule has 1 amide bonds. The van der Waals surface area contributed by atoms with Gasteiger partial charge in [-0.2, -0.15) is 5.26 Å². The molecule has 3 rings (SSSR count). The topological polar surface area (TPSA) is 105 Å². The number of hydrogen-bond acceptors (Lipinski definition) is 5. The fraction of sp³-hybridized carbons (Fsp3) is 0. The SMILES string of the molecule is N#C/C(=C/Nc1cccc2c(O)cccc12)C(=O)Nc1ccc(O)cc1. The van der Waals surface area contributed by atoms with Crippen LogP contribution in [-0.2, 0) is 4.79 Å². The van der Waals surface area contributed by atoms with Gasteiger partial charge in [0, 0.05) is 28.3 Å². The average Bonchev–Trinajstić information content (AvgIpc) is 2.65. The summed E-state index contributed by atoms with van der Waals surface area (Å²) >= 11 is 0. The fourth-order valence-electron chi connectivity index (χ4n) is 2.46. The van der Waals surface area contributed by atoms with Crippen molar-refractivity contribution >= 4 is 28.1 Å². The molecular formula is C20H15N3O3. The summed E-state index contributed by atoms with van der Waals surface area (Å²) in [6.07, 6.45) is 1.31. The molecule has 0 fully saturated rings. The van der Waals surface area contributed by atoms with Crippen LogP contribution < -0.4 is 10.6 Å². The molecule has 0 saturated heterocycles. The predicted octanol–water partition coefficient (Wildman–Crippen LogP) is 3.71. The lowest BCUT2D eigenvalue weighted by Crippen LogP contribution is -2.14. The predicted molar refractivity (Wildman–Crippen MR) is 99.7 cm³/mol. The van der Waals surface area contributed by atoms with Crippen LogP contribution in [0.4, 0.5) is 11.4 Å². The van der Waals surface area contributed by atoms with Gasteiger partial charge in [0.25, 0.3) is 5.91 Å². The van der Waals surface area contributed by atoms with E-state index >= 15 is 0 Å². The monoisotopic (exact) mass is 345 g/mol. The first-order valence-corrected chi connectivity index (χ1v) is 7.76. The van der Waals surface area contributed by atoms with Crippen molar-refractivity contribution in [2.45, 2.75) is 0 Å². The Balaban J connectivity index is 1.82. The normalized spacial score (nSPS) is 11.0. The minimum absolute atomic E-state index is 0.0833. The van der Waals surface area contributed by atoms with E-state index in [1.807, 2.05) is 12.1 Å². The zero-order chi connectivity index (χ0) is 18.5. The van der Waals surface area contributed by atoms with E-state index in [1.165, 1.54) is 30.5 Å². The molecule has 0 heterocycles. The molecule has 0 spiro atoms. The van der Waals surface area contributed by atoms with Gasteiger partial charge in [-0.1, -0.05) is 24.3 Å². The Kier molecular flexibility index (Phi) is 4.72. The summed E-state index contributed by atoms with van der Waals surface area (Å²) in [7, 11) is 0. The molecule has 0 aliphatic carbocycles. The summed E-state index contributed by atoms with van der Waals surface area (Å²) in [6.45, 7) is 0. The number of carbonyl (C=O) groups is 1. The number of aromatic hydroxyl groups is 2. The van der Waals surface area contributed by atoms with Crippen molar-refractivity contribution in [2.24, 2.45) is 0 Å². The number of anilines is 2. The summed E-state index contributed by atoms with van der Waals surface area (Å²) in [6, 6.07) is 18.2.